The second kappa shape index (κ2) is 9.57. The average molecular weight is 495 g/mol. The van der Waals surface area contributed by atoms with Gasteiger partial charge >= 0.3 is 0 Å². The normalized spacial score (nSPS) is 15.4. The van der Waals surface area contributed by atoms with E-state index in [4.69, 9.17) is 5.11 Å². The first kappa shape index (κ1) is 21.6. The molecule has 3 rings (SSSR count). The lowest BCUT2D eigenvalue weighted by Gasteiger charge is -2.12. The number of benzene rings is 2. The third kappa shape index (κ3) is 5.27. The molecule has 29 heavy (non-hydrogen) atoms. The highest BCUT2D eigenvalue weighted by Crippen LogP contribution is 2.35. The number of carbonyl (C=O) groups is 2. The van der Waals surface area contributed by atoms with Gasteiger partial charge in [-0.05, 0) is 47.2 Å². The summed E-state index contributed by atoms with van der Waals surface area (Å²) in [5.74, 6) is -0.0874. The van der Waals surface area contributed by atoms with Gasteiger partial charge in [0.1, 0.15) is 0 Å². The fraction of sp³-hybridized carbons (Fsp3) is 0.158. The van der Waals surface area contributed by atoms with E-state index in [1.165, 1.54) is 23.9 Å². The lowest BCUT2D eigenvalue weighted by molar-refractivity contribution is -0.387. The number of nitrogens with zero attached hydrogens (tertiary/aromatic N) is 2. The van der Waals surface area contributed by atoms with Crippen LogP contribution in [0.1, 0.15) is 11.1 Å². The SMILES string of the molecule is O=C1S/C(=C\c2ccc(SCCO)c([N+](=O)[O-])c2)C(=O)N1Cc1cccc(Br)c1. The zero-order chi connectivity index (χ0) is 21.0. The second-order valence-electron chi connectivity index (χ2n) is 5.95. The molecule has 1 fully saturated rings. The second-order valence-corrected chi connectivity index (χ2v) is 9.00. The van der Waals surface area contributed by atoms with Crippen molar-refractivity contribution >= 4 is 62.4 Å². The number of nitro benzene ring substituents is 1. The van der Waals surface area contributed by atoms with Gasteiger partial charge in [0.05, 0.1) is 27.9 Å². The minimum atomic E-state index is -0.504. The van der Waals surface area contributed by atoms with E-state index in [0.717, 1.165) is 26.7 Å². The standard InChI is InChI=1S/C19H15BrN2O5S2/c20-14-3-1-2-13(8-14)11-21-18(24)17(29-19(21)25)10-12-4-5-16(28-7-6-23)15(9-12)22(26)27/h1-5,8-10,23H,6-7,11H2/b17-10-. The quantitative estimate of drug-likeness (QED) is 0.258. The molecule has 0 aliphatic carbocycles. The van der Waals surface area contributed by atoms with E-state index >= 15 is 0 Å². The Hall–Kier alpha value is -2.14. The molecule has 0 radical (unpaired) electrons. The Balaban J connectivity index is 1.83. The third-order valence-corrected chi connectivity index (χ3v) is 6.37. The van der Waals surface area contributed by atoms with Crippen molar-refractivity contribution in [2.75, 3.05) is 12.4 Å². The number of amides is 2. The van der Waals surface area contributed by atoms with Crippen LogP contribution in [-0.2, 0) is 11.3 Å². The van der Waals surface area contributed by atoms with Crippen molar-refractivity contribution < 1.29 is 19.6 Å². The first-order valence-corrected chi connectivity index (χ1v) is 11.0. The molecule has 7 nitrogen and oxygen atoms in total. The number of aliphatic hydroxyl groups excluding tert-OH is 1. The van der Waals surface area contributed by atoms with Crippen LogP contribution in [0, 0.1) is 10.1 Å². The van der Waals surface area contributed by atoms with Crippen molar-refractivity contribution in [3.8, 4) is 0 Å². The molecular formula is C19H15BrN2O5S2. The number of hydrogen-bond donors (Lipinski definition) is 1. The molecule has 2 amide bonds. The summed E-state index contributed by atoms with van der Waals surface area (Å²) in [7, 11) is 0. The van der Waals surface area contributed by atoms with E-state index < -0.39 is 10.8 Å². The summed E-state index contributed by atoms with van der Waals surface area (Å²) in [6, 6.07) is 11.9. The number of thioether (sulfide) groups is 2. The number of halogens is 1. The molecule has 0 atom stereocenters. The van der Waals surface area contributed by atoms with Gasteiger partial charge in [-0.2, -0.15) is 0 Å². The lowest BCUT2D eigenvalue weighted by Crippen LogP contribution is -2.27. The van der Waals surface area contributed by atoms with Gasteiger partial charge in [0.25, 0.3) is 16.8 Å². The Morgan fingerprint density at radius 3 is 2.72 bits per heavy atom. The Bertz CT molecular complexity index is 1010. The molecule has 10 heteroatoms. The van der Waals surface area contributed by atoms with E-state index in [2.05, 4.69) is 15.9 Å². The monoisotopic (exact) mass is 494 g/mol. The predicted molar refractivity (Wildman–Crippen MR) is 117 cm³/mol. The molecule has 0 unspecified atom stereocenters. The Kier molecular flexibility index (Phi) is 7.12. The number of carbonyl (C=O) groups excluding carboxylic acids is 2. The minimum Gasteiger partial charge on any atom is -0.396 e. The maximum atomic E-state index is 12.7. The Morgan fingerprint density at radius 2 is 2.03 bits per heavy atom. The van der Waals surface area contributed by atoms with Crippen LogP contribution in [0.3, 0.4) is 0 Å². The van der Waals surface area contributed by atoms with Crippen molar-refractivity contribution in [3.05, 3.63) is 73.1 Å². The summed E-state index contributed by atoms with van der Waals surface area (Å²) in [6.45, 7) is 0.0625. The molecule has 0 aromatic heterocycles. The van der Waals surface area contributed by atoms with Crippen LogP contribution in [0.15, 0.2) is 56.7 Å². The average Bonchev–Trinajstić information content (AvgIpc) is 2.94. The van der Waals surface area contributed by atoms with Gasteiger partial charge in [0.15, 0.2) is 0 Å². The number of aliphatic hydroxyl groups is 1. The highest BCUT2D eigenvalue weighted by Gasteiger charge is 2.35. The molecule has 0 bridgehead atoms. The first-order chi connectivity index (χ1) is 13.9. The van der Waals surface area contributed by atoms with Gasteiger partial charge in [-0.15, -0.1) is 11.8 Å². The Morgan fingerprint density at radius 1 is 1.24 bits per heavy atom. The van der Waals surface area contributed by atoms with Gasteiger partial charge < -0.3 is 5.11 Å². The van der Waals surface area contributed by atoms with Crippen molar-refractivity contribution in [2.24, 2.45) is 0 Å². The zero-order valence-electron chi connectivity index (χ0n) is 14.9. The molecule has 0 spiro atoms. The molecular weight excluding hydrogens is 480 g/mol. The molecule has 2 aromatic carbocycles. The van der Waals surface area contributed by atoms with Gasteiger partial charge in [0.2, 0.25) is 0 Å². The number of imide groups is 1. The van der Waals surface area contributed by atoms with E-state index in [1.54, 1.807) is 12.1 Å². The van der Waals surface area contributed by atoms with E-state index in [1.807, 2.05) is 24.3 Å². The van der Waals surface area contributed by atoms with Crippen LogP contribution in [0.2, 0.25) is 0 Å². The molecule has 1 aliphatic rings. The zero-order valence-corrected chi connectivity index (χ0v) is 18.1. The van der Waals surface area contributed by atoms with Crippen LogP contribution < -0.4 is 0 Å². The maximum Gasteiger partial charge on any atom is 0.293 e. The van der Waals surface area contributed by atoms with Crippen LogP contribution in [0.4, 0.5) is 10.5 Å². The molecule has 1 saturated heterocycles. The summed E-state index contributed by atoms with van der Waals surface area (Å²) in [5.41, 5.74) is 1.16. The molecule has 0 saturated carbocycles. The molecule has 150 valence electrons. The predicted octanol–water partition coefficient (Wildman–Crippen LogP) is 4.68. The van der Waals surface area contributed by atoms with E-state index in [-0.39, 0.29) is 29.0 Å². The van der Waals surface area contributed by atoms with Gasteiger partial charge in [-0.25, -0.2) is 0 Å². The van der Waals surface area contributed by atoms with Crippen LogP contribution in [0.25, 0.3) is 6.08 Å². The topological polar surface area (TPSA) is 101 Å². The Labute approximate surface area is 183 Å². The first-order valence-electron chi connectivity index (χ1n) is 8.41. The van der Waals surface area contributed by atoms with Crippen LogP contribution in [-0.4, -0.2) is 38.4 Å². The summed E-state index contributed by atoms with van der Waals surface area (Å²) in [6.07, 6.45) is 1.49. The van der Waals surface area contributed by atoms with Crippen molar-refractivity contribution in [3.63, 3.8) is 0 Å². The maximum absolute atomic E-state index is 12.7. The molecule has 1 N–H and O–H groups in total. The van der Waals surface area contributed by atoms with Crippen molar-refractivity contribution in [2.45, 2.75) is 11.4 Å². The van der Waals surface area contributed by atoms with Crippen molar-refractivity contribution in [1.82, 2.24) is 4.90 Å². The highest BCUT2D eigenvalue weighted by atomic mass is 79.9. The summed E-state index contributed by atoms with van der Waals surface area (Å²) >= 11 is 5.35. The van der Waals surface area contributed by atoms with Crippen molar-refractivity contribution in [1.29, 1.82) is 0 Å². The smallest absolute Gasteiger partial charge is 0.293 e. The fourth-order valence-electron chi connectivity index (χ4n) is 2.65. The van der Waals surface area contributed by atoms with Gasteiger partial charge in [0, 0.05) is 16.3 Å². The van der Waals surface area contributed by atoms with Crippen LogP contribution in [0.5, 0.6) is 0 Å². The minimum absolute atomic E-state index is 0.0886. The number of rotatable bonds is 7. The van der Waals surface area contributed by atoms with Gasteiger partial charge in [-0.3, -0.25) is 24.6 Å². The summed E-state index contributed by atoms with van der Waals surface area (Å²) < 4.78 is 0.851. The molecule has 2 aromatic rings. The van der Waals surface area contributed by atoms with Crippen LogP contribution >= 0.6 is 39.5 Å². The third-order valence-electron chi connectivity index (χ3n) is 3.93. The van der Waals surface area contributed by atoms with Gasteiger partial charge in [-0.1, -0.05) is 34.1 Å². The fourth-order valence-corrected chi connectivity index (χ4v) is 4.69. The number of nitro groups is 1. The lowest BCUT2D eigenvalue weighted by atomic mass is 10.1. The largest absolute Gasteiger partial charge is 0.396 e. The summed E-state index contributed by atoms with van der Waals surface area (Å²) in [4.78, 5) is 37.6. The van der Waals surface area contributed by atoms with E-state index in [0.29, 0.717) is 16.2 Å². The number of hydrogen-bond acceptors (Lipinski definition) is 7. The van der Waals surface area contributed by atoms with E-state index in [9.17, 15) is 19.7 Å². The summed E-state index contributed by atoms with van der Waals surface area (Å²) in [5, 5.41) is 19.9. The highest BCUT2D eigenvalue weighted by molar-refractivity contribution is 9.10. The molecule has 1 heterocycles. The molecule has 1 aliphatic heterocycles.